The average molecular weight is 432 g/mol. The topological polar surface area (TPSA) is 224 Å². The van der Waals surface area contributed by atoms with Gasteiger partial charge in [0.25, 0.3) is 0 Å². The minimum absolute atomic E-state index is 0.693. The van der Waals surface area contributed by atoms with Crippen LogP contribution >= 0.6 is 0 Å². The first kappa shape index (κ1) is 24.9. The quantitative estimate of drug-likeness (QED) is 0.248. The fourth-order valence-electron chi connectivity index (χ4n) is 4.93. The van der Waals surface area contributed by atoms with Crippen molar-refractivity contribution in [1.82, 2.24) is 0 Å². The van der Waals surface area contributed by atoms with E-state index in [-0.39, 0.29) is 0 Å². The predicted molar refractivity (Wildman–Crippen MR) is 94.5 cm³/mol. The minimum Gasteiger partial charge on any atom is -0.481 e. The molecule has 0 bridgehead atoms. The van der Waals surface area contributed by atoms with E-state index in [9.17, 15) is 59.4 Å². The van der Waals surface area contributed by atoms with E-state index in [0.717, 1.165) is 0 Å². The van der Waals surface area contributed by atoms with Crippen LogP contribution in [0.5, 0.6) is 0 Å². The highest BCUT2D eigenvalue weighted by Crippen LogP contribution is 2.53. The van der Waals surface area contributed by atoms with Gasteiger partial charge in [-0.05, 0) is 35.5 Å². The van der Waals surface area contributed by atoms with Crippen LogP contribution < -0.4 is 0 Å². The maximum atomic E-state index is 11.4. The van der Waals surface area contributed by atoms with Gasteiger partial charge in [-0.1, -0.05) is 0 Å². The first-order valence-electron chi connectivity index (χ1n) is 9.14. The van der Waals surface area contributed by atoms with Gasteiger partial charge in [0.1, 0.15) is 0 Å². The zero-order chi connectivity index (χ0) is 23.2. The molecule has 6 N–H and O–H groups in total. The van der Waals surface area contributed by atoms with E-state index in [1.807, 2.05) is 0 Å². The van der Waals surface area contributed by atoms with Gasteiger partial charge in [-0.3, -0.25) is 28.8 Å². The summed E-state index contributed by atoms with van der Waals surface area (Å²) in [6.07, 6.45) is -4.16. The molecule has 0 radical (unpaired) electrons. The van der Waals surface area contributed by atoms with Gasteiger partial charge in [0.2, 0.25) is 0 Å². The molecule has 0 aliphatic heterocycles. The van der Waals surface area contributed by atoms with Crippen LogP contribution in [-0.4, -0.2) is 66.5 Å². The van der Waals surface area contributed by atoms with E-state index < -0.39 is 110 Å². The number of carbonyl (C=O) groups is 6. The van der Waals surface area contributed by atoms with Crippen LogP contribution in [0.2, 0.25) is 0 Å². The molecule has 1 saturated carbocycles. The molecule has 0 spiro atoms. The van der Waals surface area contributed by atoms with Crippen molar-refractivity contribution < 1.29 is 59.4 Å². The number of aliphatic carboxylic acids is 6. The highest BCUT2D eigenvalue weighted by molar-refractivity contribution is 5.73. The monoisotopic (exact) mass is 432 g/mol. The van der Waals surface area contributed by atoms with E-state index in [0.29, 0.717) is 0 Å². The summed E-state index contributed by atoms with van der Waals surface area (Å²) in [5.41, 5.74) is 0. The summed E-state index contributed by atoms with van der Waals surface area (Å²) in [6.45, 7) is 0. The fourth-order valence-corrected chi connectivity index (χ4v) is 4.93. The van der Waals surface area contributed by atoms with Gasteiger partial charge in [0, 0.05) is 38.5 Å². The molecule has 12 nitrogen and oxygen atoms in total. The van der Waals surface area contributed by atoms with E-state index in [1.54, 1.807) is 0 Å². The Labute approximate surface area is 170 Å². The van der Waals surface area contributed by atoms with Crippen molar-refractivity contribution in [2.24, 2.45) is 35.5 Å². The van der Waals surface area contributed by atoms with Crippen LogP contribution in [0.15, 0.2) is 0 Å². The van der Waals surface area contributed by atoms with Gasteiger partial charge in [-0.2, -0.15) is 0 Å². The Kier molecular flexibility index (Phi) is 8.75. The molecule has 1 fully saturated rings. The maximum absolute atomic E-state index is 11.4. The molecule has 1 aliphatic carbocycles. The van der Waals surface area contributed by atoms with E-state index in [2.05, 4.69) is 0 Å². The van der Waals surface area contributed by atoms with Gasteiger partial charge < -0.3 is 30.6 Å². The van der Waals surface area contributed by atoms with Gasteiger partial charge in [0.05, 0.1) is 0 Å². The largest absolute Gasteiger partial charge is 0.481 e. The number of hydrogen-bond acceptors (Lipinski definition) is 6. The molecule has 0 aromatic heterocycles. The fraction of sp³-hybridized carbons (Fsp3) is 0.667. The summed E-state index contributed by atoms with van der Waals surface area (Å²) in [6, 6.07) is 0. The summed E-state index contributed by atoms with van der Waals surface area (Å²) in [7, 11) is 0. The summed E-state index contributed by atoms with van der Waals surface area (Å²) in [4.78, 5) is 68.6. The second kappa shape index (κ2) is 10.6. The van der Waals surface area contributed by atoms with Crippen molar-refractivity contribution in [2.75, 3.05) is 0 Å². The molecule has 0 aromatic rings. The van der Waals surface area contributed by atoms with Crippen molar-refractivity contribution in [3.8, 4) is 0 Å². The van der Waals surface area contributed by atoms with E-state index >= 15 is 0 Å². The lowest BCUT2D eigenvalue weighted by molar-refractivity contribution is -0.160. The van der Waals surface area contributed by atoms with Crippen molar-refractivity contribution in [2.45, 2.75) is 38.5 Å². The first-order chi connectivity index (χ1) is 13.8. The highest BCUT2D eigenvalue weighted by atomic mass is 16.4. The lowest BCUT2D eigenvalue weighted by Crippen LogP contribution is -2.50. The summed E-state index contributed by atoms with van der Waals surface area (Å²) in [5, 5.41) is 55.8. The van der Waals surface area contributed by atoms with Gasteiger partial charge in [-0.25, -0.2) is 0 Å². The highest BCUT2D eigenvalue weighted by Gasteiger charge is 2.53. The van der Waals surface area contributed by atoms with E-state index in [4.69, 9.17) is 0 Å². The molecular formula is C18H24O12. The summed E-state index contributed by atoms with van der Waals surface area (Å²) < 4.78 is 0. The molecule has 1 aliphatic rings. The van der Waals surface area contributed by atoms with Crippen molar-refractivity contribution in [3.63, 3.8) is 0 Å². The average Bonchev–Trinajstić information content (AvgIpc) is 2.55. The molecule has 168 valence electrons. The number of carboxylic acid groups (broad SMARTS) is 6. The molecule has 0 heterocycles. The Morgan fingerprint density at radius 2 is 0.433 bits per heavy atom. The van der Waals surface area contributed by atoms with Gasteiger partial charge in [-0.15, -0.1) is 0 Å². The number of hydrogen-bond donors (Lipinski definition) is 6. The van der Waals surface area contributed by atoms with Crippen molar-refractivity contribution in [1.29, 1.82) is 0 Å². The van der Waals surface area contributed by atoms with Gasteiger partial charge in [0.15, 0.2) is 0 Å². The Bertz CT molecular complexity index is 547. The zero-order valence-electron chi connectivity index (χ0n) is 15.8. The second-order valence-electron chi connectivity index (χ2n) is 7.57. The first-order valence-corrected chi connectivity index (χ1v) is 9.14. The molecule has 0 saturated heterocycles. The molecule has 1 rings (SSSR count). The third-order valence-corrected chi connectivity index (χ3v) is 5.76. The standard InChI is InChI=1S/C18H24O12/c19-13(20)1-7-8(2-14(21)22)10(4-16(25)26)12(6-18(29)30)11(5-17(27)28)9(7)3-15(23)24/h7-12H,1-6H2,(H,19,20)(H,21,22)(H,23,24)(H,25,26)(H,27,28)(H,29,30). The lowest BCUT2D eigenvalue weighted by atomic mass is 9.52. The van der Waals surface area contributed by atoms with Gasteiger partial charge >= 0.3 is 35.8 Å². The van der Waals surface area contributed by atoms with Crippen molar-refractivity contribution in [3.05, 3.63) is 0 Å². The van der Waals surface area contributed by atoms with Crippen LogP contribution in [0.25, 0.3) is 0 Å². The molecule has 0 amide bonds. The molecule has 12 heteroatoms. The zero-order valence-corrected chi connectivity index (χ0v) is 15.8. The Hall–Kier alpha value is -3.18. The maximum Gasteiger partial charge on any atom is 0.303 e. The number of carboxylic acids is 6. The second-order valence-corrected chi connectivity index (χ2v) is 7.57. The lowest BCUT2D eigenvalue weighted by Gasteiger charge is -2.50. The summed E-state index contributed by atoms with van der Waals surface area (Å²) in [5.74, 6) is -15.2. The van der Waals surface area contributed by atoms with E-state index in [1.165, 1.54) is 0 Å². The third kappa shape index (κ3) is 7.01. The molecule has 30 heavy (non-hydrogen) atoms. The predicted octanol–water partition coefficient (Wildman–Crippen LogP) is 0.545. The van der Waals surface area contributed by atoms with Crippen LogP contribution in [-0.2, 0) is 28.8 Å². The molecule has 0 unspecified atom stereocenters. The molecule has 0 atom stereocenters. The smallest absolute Gasteiger partial charge is 0.303 e. The number of rotatable bonds is 12. The van der Waals surface area contributed by atoms with Crippen molar-refractivity contribution >= 4 is 35.8 Å². The normalized spacial score (nSPS) is 28.4. The Morgan fingerprint density at radius 1 is 0.333 bits per heavy atom. The SMILES string of the molecule is O=C(O)CC1C(CC(=O)O)C(CC(=O)O)C(CC(=O)O)C(CC(=O)O)C1CC(=O)O. The van der Waals surface area contributed by atoms with Crippen LogP contribution in [0, 0.1) is 35.5 Å². The molecule has 0 aromatic carbocycles. The Morgan fingerprint density at radius 3 is 0.500 bits per heavy atom. The van der Waals surface area contributed by atoms with Crippen LogP contribution in [0.4, 0.5) is 0 Å². The Balaban J connectivity index is 3.66. The van der Waals surface area contributed by atoms with Crippen LogP contribution in [0.1, 0.15) is 38.5 Å². The summed E-state index contributed by atoms with van der Waals surface area (Å²) >= 11 is 0. The molecular weight excluding hydrogens is 408 g/mol. The third-order valence-electron chi connectivity index (χ3n) is 5.76. The minimum atomic E-state index is -1.38. The van der Waals surface area contributed by atoms with Crippen LogP contribution in [0.3, 0.4) is 0 Å².